The molecule has 4 aromatic carbocycles. The van der Waals surface area contributed by atoms with Gasteiger partial charge in [-0.2, -0.15) is 0 Å². The highest BCUT2D eigenvalue weighted by atomic mass is 16.6. The molecule has 0 aliphatic carbocycles. The van der Waals surface area contributed by atoms with Crippen LogP contribution in [0.2, 0.25) is 0 Å². The van der Waals surface area contributed by atoms with E-state index in [0.29, 0.717) is 141 Å². The molecule has 3 atom stereocenters. The molecule has 21 heteroatoms. The minimum absolute atomic E-state index is 0.0615. The summed E-state index contributed by atoms with van der Waals surface area (Å²) in [5.74, 6) is 0.0878. The molecule has 1 aliphatic rings. The number of aromatic nitrogens is 1. The average molecular weight is 1140 g/mol. The summed E-state index contributed by atoms with van der Waals surface area (Å²) >= 11 is 0. The van der Waals surface area contributed by atoms with Crippen molar-refractivity contribution in [1.29, 1.82) is 0 Å². The van der Waals surface area contributed by atoms with E-state index in [1.165, 1.54) is 6.92 Å². The Bertz CT molecular complexity index is 2550. The second kappa shape index (κ2) is 38.0. The van der Waals surface area contributed by atoms with Gasteiger partial charge < -0.3 is 82.5 Å². The van der Waals surface area contributed by atoms with Crippen molar-refractivity contribution in [3.63, 3.8) is 0 Å². The van der Waals surface area contributed by atoms with Crippen molar-refractivity contribution < 1.29 is 80.8 Å². The van der Waals surface area contributed by atoms with Gasteiger partial charge in [0.25, 0.3) is 0 Å². The Morgan fingerprint density at radius 2 is 0.902 bits per heavy atom. The number of hydrogen-bond acceptors (Lipinski definition) is 17. The fourth-order valence-corrected chi connectivity index (χ4v) is 8.45. The molecular weight excluding hydrogens is 1060 g/mol. The Balaban J connectivity index is 1.07. The van der Waals surface area contributed by atoms with Crippen molar-refractivity contribution >= 4 is 34.6 Å². The molecule has 0 spiro atoms. The van der Waals surface area contributed by atoms with Gasteiger partial charge in [-0.1, -0.05) is 68.4 Å². The van der Waals surface area contributed by atoms with E-state index in [9.17, 15) is 19.2 Å². The summed E-state index contributed by atoms with van der Waals surface area (Å²) in [7, 11) is 0. The summed E-state index contributed by atoms with van der Waals surface area (Å²) < 4.78 is 75.2. The number of aromatic amines is 1. The van der Waals surface area contributed by atoms with Crippen LogP contribution in [0.25, 0.3) is 10.9 Å². The Kier molecular flexibility index (Phi) is 29.9. The van der Waals surface area contributed by atoms with Gasteiger partial charge in [0.05, 0.1) is 106 Å². The number of amides is 3. The van der Waals surface area contributed by atoms with E-state index in [2.05, 4.69) is 20.9 Å². The predicted molar refractivity (Wildman–Crippen MR) is 304 cm³/mol. The standard InChI is InChI=1S/C61H82N4O17/c1-45(2)36-56(63-46(3)66)59(67)64-57(39-47-10-5-4-6-11-47)60(68)65-58(40-49-43-62-55-15-8-7-14-54(49)55)61(69)82-44-48-37-52-42-53(38-48)81-35-31-77-27-23-73-19-17-71-21-25-75-29-33-79-51-13-9-12-50(41-51)78-32-28-74-24-20-70-16-18-72-22-26-76-30-34-80-52/h4-15,37-38,41-43,45,56-58,62H,16-36,39-40,44H2,1-3H3,(H,63,66)(H,64,67)(H,65,68)/t56-,57-,58-/m0/s1. The lowest BCUT2D eigenvalue weighted by Crippen LogP contribution is -2.57. The van der Waals surface area contributed by atoms with Gasteiger partial charge in [0.15, 0.2) is 0 Å². The van der Waals surface area contributed by atoms with Crippen molar-refractivity contribution in [2.24, 2.45) is 5.92 Å². The number of fused-ring (bicyclic) bond motifs is 5. The summed E-state index contributed by atoms with van der Waals surface area (Å²) in [5.41, 5.74) is 2.94. The van der Waals surface area contributed by atoms with Gasteiger partial charge in [-0.05, 0) is 59.4 Å². The molecule has 0 saturated heterocycles. The molecule has 1 aliphatic heterocycles. The third-order valence-corrected chi connectivity index (χ3v) is 12.4. The smallest absolute Gasteiger partial charge is 0.329 e. The molecule has 4 bridgehead atoms. The lowest BCUT2D eigenvalue weighted by atomic mass is 10.00. The van der Waals surface area contributed by atoms with E-state index in [0.717, 1.165) is 22.0 Å². The second-order valence-electron chi connectivity index (χ2n) is 19.4. The summed E-state index contributed by atoms with van der Waals surface area (Å²) in [5, 5.41) is 9.38. The molecule has 0 saturated carbocycles. The molecule has 0 unspecified atom stereocenters. The zero-order valence-electron chi connectivity index (χ0n) is 47.5. The summed E-state index contributed by atoms with van der Waals surface area (Å²) in [4.78, 5) is 58.1. The van der Waals surface area contributed by atoms with Gasteiger partial charge in [-0.25, -0.2) is 4.79 Å². The van der Waals surface area contributed by atoms with Crippen LogP contribution in [0.1, 0.15) is 43.9 Å². The van der Waals surface area contributed by atoms with Crippen LogP contribution in [0, 0.1) is 5.92 Å². The quantitative estimate of drug-likeness (QED) is 0.0993. The fraction of sp³-hybridized carbons (Fsp3) is 0.508. The van der Waals surface area contributed by atoms with Crippen LogP contribution in [0.5, 0.6) is 23.0 Å². The van der Waals surface area contributed by atoms with Crippen molar-refractivity contribution in [3.05, 3.63) is 120 Å². The number of ether oxygens (including phenoxy) is 13. The van der Waals surface area contributed by atoms with Gasteiger partial charge in [-0.3, -0.25) is 14.4 Å². The number of nitrogens with one attached hydrogen (secondary N) is 4. The maximum atomic E-state index is 14.5. The highest BCUT2D eigenvalue weighted by Gasteiger charge is 2.31. The molecular formula is C61H82N4O17. The first-order valence-corrected chi connectivity index (χ1v) is 28.1. The molecule has 4 N–H and O–H groups in total. The summed E-state index contributed by atoms with van der Waals surface area (Å²) in [6, 6.07) is 26.3. The molecule has 448 valence electrons. The summed E-state index contributed by atoms with van der Waals surface area (Å²) in [6.45, 7) is 12.1. The second-order valence-corrected chi connectivity index (χ2v) is 19.4. The predicted octanol–water partition coefficient (Wildman–Crippen LogP) is 5.58. The van der Waals surface area contributed by atoms with E-state index in [1.807, 2.05) is 92.7 Å². The minimum atomic E-state index is -1.19. The highest BCUT2D eigenvalue weighted by molar-refractivity contribution is 5.94. The largest absolute Gasteiger partial charge is 0.491 e. The van der Waals surface area contributed by atoms with Crippen LogP contribution in [-0.4, -0.2) is 179 Å². The molecule has 0 radical (unpaired) electrons. The highest BCUT2D eigenvalue weighted by Crippen LogP contribution is 2.25. The van der Waals surface area contributed by atoms with Crippen LogP contribution >= 0.6 is 0 Å². The third kappa shape index (κ3) is 25.5. The first-order valence-electron chi connectivity index (χ1n) is 28.1. The van der Waals surface area contributed by atoms with E-state index >= 15 is 0 Å². The molecule has 6 rings (SSSR count). The van der Waals surface area contributed by atoms with Crippen molar-refractivity contribution in [1.82, 2.24) is 20.9 Å². The molecule has 2 heterocycles. The van der Waals surface area contributed by atoms with Crippen molar-refractivity contribution in [3.8, 4) is 23.0 Å². The first kappa shape index (κ1) is 64.3. The Morgan fingerprint density at radius 3 is 1.40 bits per heavy atom. The first-order chi connectivity index (χ1) is 40.1. The van der Waals surface area contributed by atoms with Gasteiger partial charge >= 0.3 is 5.97 Å². The molecule has 1 aromatic heterocycles. The minimum Gasteiger partial charge on any atom is -0.491 e. The number of hydrogen-bond donors (Lipinski definition) is 4. The average Bonchev–Trinajstić information content (AvgIpc) is 3.94. The maximum Gasteiger partial charge on any atom is 0.329 e. The fourth-order valence-electron chi connectivity index (χ4n) is 8.45. The zero-order valence-corrected chi connectivity index (χ0v) is 47.5. The Labute approximate surface area is 480 Å². The number of rotatable bonds is 14. The van der Waals surface area contributed by atoms with Gasteiger partial charge in [0.1, 0.15) is 74.2 Å². The third-order valence-electron chi connectivity index (χ3n) is 12.4. The van der Waals surface area contributed by atoms with E-state index in [4.69, 9.17) is 61.6 Å². The maximum absolute atomic E-state index is 14.5. The van der Waals surface area contributed by atoms with Gasteiger partial charge in [0, 0.05) is 49.0 Å². The lowest BCUT2D eigenvalue weighted by molar-refractivity contribution is -0.149. The van der Waals surface area contributed by atoms with E-state index < -0.39 is 35.9 Å². The molecule has 0 fully saturated rings. The Morgan fingerprint density at radius 1 is 0.463 bits per heavy atom. The summed E-state index contributed by atoms with van der Waals surface area (Å²) in [6.07, 6.45) is 2.31. The monoisotopic (exact) mass is 1140 g/mol. The van der Waals surface area contributed by atoms with Crippen LogP contribution < -0.4 is 34.9 Å². The number of esters is 1. The number of para-hydroxylation sites is 1. The van der Waals surface area contributed by atoms with Gasteiger partial charge in [-0.15, -0.1) is 0 Å². The number of carbonyl (C=O) groups excluding carboxylic acids is 4. The molecule has 3 amide bonds. The SMILES string of the molecule is CC(=O)N[C@@H](CC(C)C)C(=O)N[C@@H](Cc1ccccc1)C(=O)N[C@@H](Cc1c[nH]c2ccccc12)C(=O)OCc1cc2cc(c1)OCCOCCOCCOCCOCCOc1cccc(c1)OCCOCCOCCOCCOCCO2. The van der Waals surface area contributed by atoms with E-state index in [1.54, 1.807) is 24.4 Å². The number of H-pyrrole nitrogens is 1. The topological polar surface area (TPSA) is 240 Å². The normalized spacial score (nSPS) is 17.1. The number of carbonyl (C=O) groups is 4. The lowest BCUT2D eigenvalue weighted by Gasteiger charge is -2.26. The molecule has 5 aromatic rings. The van der Waals surface area contributed by atoms with Crippen LogP contribution in [0.15, 0.2) is 103 Å². The van der Waals surface area contributed by atoms with Gasteiger partial charge in [0.2, 0.25) is 17.7 Å². The Hall–Kier alpha value is -6.82. The van der Waals surface area contributed by atoms with E-state index in [-0.39, 0.29) is 57.7 Å². The van der Waals surface area contributed by atoms with Crippen molar-refractivity contribution in [2.75, 3.05) is 132 Å². The zero-order chi connectivity index (χ0) is 57.8. The number of benzene rings is 4. The molecule has 21 nitrogen and oxygen atoms in total. The van der Waals surface area contributed by atoms with Crippen LogP contribution in [-0.2, 0) is 81.3 Å². The molecule has 82 heavy (non-hydrogen) atoms. The van der Waals surface area contributed by atoms with Crippen LogP contribution in [0.3, 0.4) is 0 Å². The van der Waals surface area contributed by atoms with Crippen LogP contribution in [0.4, 0.5) is 0 Å². The van der Waals surface area contributed by atoms with Crippen molar-refractivity contribution in [2.45, 2.75) is 64.8 Å².